The van der Waals surface area contributed by atoms with Crippen molar-refractivity contribution in [3.63, 3.8) is 0 Å². The molecular formula is C13H27N3O. The number of carbonyl (C=O) groups excluding carboxylic acids is 1. The second kappa shape index (κ2) is 6.97. The molecule has 0 radical (unpaired) electrons. The molecule has 1 aliphatic rings. The fourth-order valence-electron chi connectivity index (χ4n) is 2.46. The number of nitrogens with two attached hydrogens (primary N) is 1. The molecule has 1 saturated heterocycles. The number of carbonyl (C=O) groups is 1. The predicted molar refractivity (Wildman–Crippen MR) is 70.7 cm³/mol. The van der Waals surface area contributed by atoms with Crippen molar-refractivity contribution < 1.29 is 4.79 Å². The Kier molecular flexibility index (Phi) is 5.92. The Morgan fingerprint density at radius 3 is 2.76 bits per heavy atom. The number of hydrogen-bond donors (Lipinski definition) is 1. The summed E-state index contributed by atoms with van der Waals surface area (Å²) in [6.07, 6.45) is 2.80. The average Bonchev–Trinajstić information content (AvgIpc) is 2.71. The first-order chi connectivity index (χ1) is 8.06. The Morgan fingerprint density at radius 1 is 1.59 bits per heavy atom. The Bertz CT molecular complexity index is 241. The normalized spacial score (nSPS) is 22.7. The van der Waals surface area contributed by atoms with E-state index in [0.717, 1.165) is 26.1 Å². The van der Waals surface area contributed by atoms with Crippen molar-refractivity contribution in [3.8, 4) is 0 Å². The van der Waals surface area contributed by atoms with E-state index >= 15 is 0 Å². The molecule has 0 spiro atoms. The molecule has 0 aromatic heterocycles. The molecular weight excluding hydrogens is 214 g/mol. The minimum absolute atomic E-state index is 0.247. The topological polar surface area (TPSA) is 49.6 Å². The van der Waals surface area contributed by atoms with E-state index in [1.807, 2.05) is 11.9 Å². The molecule has 2 unspecified atom stereocenters. The van der Waals surface area contributed by atoms with Gasteiger partial charge >= 0.3 is 0 Å². The fraction of sp³-hybridized carbons (Fsp3) is 0.923. The molecule has 1 fully saturated rings. The summed E-state index contributed by atoms with van der Waals surface area (Å²) in [5.74, 6) is 1.24. The van der Waals surface area contributed by atoms with Crippen molar-refractivity contribution in [2.45, 2.75) is 26.2 Å². The van der Waals surface area contributed by atoms with Crippen LogP contribution in [0.25, 0.3) is 0 Å². The highest BCUT2D eigenvalue weighted by Gasteiger charge is 2.23. The van der Waals surface area contributed by atoms with E-state index in [-0.39, 0.29) is 5.91 Å². The zero-order chi connectivity index (χ0) is 12.8. The molecule has 0 aromatic rings. The molecule has 1 aliphatic heterocycles. The highest BCUT2D eigenvalue weighted by atomic mass is 16.2. The van der Waals surface area contributed by atoms with Gasteiger partial charge in [0.1, 0.15) is 0 Å². The molecule has 2 atom stereocenters. The van der Waals surface area contributed by atoms with E-state index in [2.05, 4.69) is 18.9 Å². The maximum absolute atomic E-state index is 12.0. The lowest BCUT2D eigenvalue weighted by atomic mass is 10.0. The molecule has 1 amide bonds. The van der Waals surface area contributed by atoms with Gasteiger partial charge in [0.2, 0.25) is 5.91 Å². The van der Waals surface area contributed by atoms with Gasteiger partial charge in [0.05, 0.1) is 0 Å². The van der Waals surface area contributed by atoms with Gasteiger partial charge in [0.25, 0.3) is 0 Å². The maximum atomic E-state index is 12.0. The summed E-state index contributed by atoms with van der Waals surface area (Å²) in [6, 6.07) is 0. The van der Waals surface area contributed by atoms with Crippen LogP contribution in [-0.2, 0) is 4.79 Å². The van der Waals surface area contributed by atoms with Gasteiger partial charge in [-0.3, -0.25) is 4.79 Å². The molecule has 4 heteroatoms. The predicted octanol–water partition coefficient (Wildman–Crippen LogP) is 0.772. The fourth-order valence-corrected chi connectivity index (χ4v) is 2.46. The summed E-state index contributed by atoms with van der Waals surface area (Å²) in [5, 5.41) is 0. The molecule has 100 valence electrons. The molecule has 0 bridgehead atoms. The van der Waals surface area contributed by atoms with Crippen LogP contribution in [0.1, 0.15) is 26.2 Å². The third kappa shape index (κ3) is 4.64. The molecule has 0 aliphatic carbocycles. The molecule has 1 rings (SSSR count). The number of nitrogens with zero attached hydrogens (tertiary/aromatic N) is 2. The van der Waals surface area contributed by atoms with Crippen molar-refractivity contribution in [1.82, 2.24) is 9.80 Å². The van der Waals surface area contributed by atoms with Gasteiger partial charge in [-0.1, -0.05) is 13.3 Å². The van der Waals surface area contributed by atoms with E-state index in [0.29, 0.717) is 24.8 Å². The third-order valence-electron chi connectivity index (χ3n) is 3.82. The van der Waals surface area contributed by atoms with Gasteiger partial charge in [-0.2, -0.15) is 0 Å². The van der Waals surface area contributed by atoms with Gasteiger partial charge in [-0.25, -0.2) is 0 Å². The van der Waals surface area contributed by atoms with Gasteiger partial charge in [0.15, 0.2) is 0 Å². The SMILES string of the molecule is CCC(CN)CC(=O)N(C)CC1CCN(C)C1. The molecule has 0 aromatic carbocycles. The Balaban J connectivity index is 2.31. The zero-order valence-corrected chi connectivity index (χ0v) is 11.5. The zero-order valence-electron chi connectivity index (χ0n) is 11.5. The largest absolute Gasteiger partial charge is 0.345 e. The number of rotatable bonds is 6. The van der Waals surface area contributed by atoms with E-state index < -0.39 is 0 Å². The van der Waals surface area contributed by atoms with Crippen LogP contribution in [0.2, 0.25) is 0 Å². The standard InChI is InChI=1S/C13H27N3O/c1-4-11(8-14)7-13(17)16(3)10-12-5-6-15(2)9-12/h11-12H,4-10,14H2,1-3H3. The number of hydrogen-bond acceptors (Lipinski definition) is 3. The lowest BCUT2D eigenvalue weighted by molar-refractivity contribution is -0.131. The first-order valence-corrected chi connectivity index (χ1v) is 6.69. The Labute approximate surface area is 105 Å². The molecule has 4 nitrogen and oxygen atoms in total. The maximum Gasteiger partial charge on any atom is 0.222 e. The summed E-state index contributed by atoms with van der Waals surface area (Å²) in [6.45, 7) is 5.88. The second-order valence-electron chi connectivity index (χ2n) is 5.41. The van der Waals surface area contributed by atoms with Crippen LogP contribution in [0, 0.1) is 11.8 Å². The summed E-state index contributed by atoms with van der Waals surface area (Å²) >= 11 is 0. The third-order valence-corrected chi connectivity index (χ3v) is 3.82. The van der Waals surface area contributed by atoms with Crippen LogP contribution in [-0.4, -0.2) is 56.0 Å². The van der Waals surface area contributed by atoms with Gasteiger partial charge in [-0.15, -0.1) is 0 Å². The number of likely N-dealkylation sites (tertiary alicyclic amines) is 1. The Hall–Kier alpha value is -0.610. The van der Waals surface area contributed by atoms with Gasteiger partial charge in [0, 0.05) is 26.6 Å². The van der Waals surface area contributed by atoms with Crippen LogP contribution in [0.15, 0.2) is 0 Å². The summed E-state index contributed by atoms with van der Waals surface area (Å²) in [5.41, 5.74) is 5.64. The van der Waals surface area contributed by atoms with Crippen molar-refractivity contribution in [1.29, 1.82) is 0 Å². The quantitative estimate of drug-likeness (QED) is 0.747. The molecule has 1 heterocycles. The molecule has 0 saturated carbocycles. The first-order valence-electron chi connectivity index (χ1n) is 6.69. The first kappa shape index (κ1) is 14.5. The highest BCUT2D eigenvalue weighted by Crippen LogP contribution is 2.16. The van der Waals surface area contributed by atoms with E-state index in [1.165, 1.54) is 6.42 Å². The highest BCUT2D eigenvalue weighted by molar-refractivity contribution is 5.76. The van der Waals surface area contributed by atoms with Crippen molar-refractivity contribution in [3.05, 3.63) is 0 Å². The summed E-state index contributed by atoms with van der Waals surface area (Å²) < 4.78 is 0. The van der Waals surface area contributed by atoms with Crippen molar-refractivity contribution in [2.75, 3.05) is 40.3 Å². The van der Waals surface area contributed by atoms with Gasteiger partial charge < -0.3 is 15.5 Å². The lowest BCUT2D eigenvalue weighted by Crippen LogP contribution is -2.34. The Morgan fingerprint density at radius 2 is 2.29 bits per heavy atom. The second-order valence-corrected chi connectivity index (χ2v) is 5.41. The van der Waals surface area contributed by atoms with Crippen molar-refractivity contribution >= 4 is 5.91 Å². The van der Waals surface area contributed by atoms with Crippen LogP contribution in [0.5, 0.6) is 0 Å². The minimum Gasteiger partial charge on any atom is -0.345 e. The summed E-state index contributed by atoms with van der Waals surface area (Å²) in [4.78, 5) is 16.2. The number of amides is 1. The monoisotopic (exact) mass is 241 g/mol. The lowest BCUT2D eigenvalue weighted by Gasteiger charge is -2.23. The van der Waals surface area contributed by atoms with Gasteiger partial charge in [-0.05, 0) is 38.4 Å². The summed E-state index contributed by atoms with van der Waals surface area (Å²) in [7, 11) is 4.06. The van der Waals surface area contributed by atoms with E-state index in [1.54, 1.807) is 0 Å². The molecule has 2 N–H and O–H groups in total. The van der Waals surface area contributed by atoms with Crippen LogP contribution < -0.4 is 5.73 Å². The smallest absolute Gasteiger partial charge is 0.222 e. The van der Waals surface area contributed by atoms with Crippen LogP contribution in [0.4, 0.5) is 0 Å². The van der Waals surface area contributed by atoms with E-state index in [4.69, 9.17) is 5.73 Å². The van der Waals surface area contributed by atoms with Crippen molar-refractivity contribution in [2.24, 2.45) is 17.6 Å². The average molecular weight is 241 g/mol. The minimum atomic E-state index is 0.247. The molecule has 17 heavy (non-hydrogen) atoms. The van der Waals surface area contributed by atoms with Crippen LogP contribution in [0.3, 0.4) is 0 Å². The van der Waals surface area contributed by atoms with Crippen LogP contribution >= 0.6 is 0 Å². The van der Waals surface area contributed by atoms with E-state index in [9.17, 15) is 4.79 Å².